The van der Waals surface area contributed by atoms with Gasteiger partial charge in [-0.15, -0.1) is 0 Å². The van der Waals surface area contributed by atoms with Gasteiger partial charge in [-0.05, 0) is 49.7 Å². The molecule has 6 nitrogen and oxygen atoms in total. The maximum Gasteiger partial charge on any atom is 0.324 e. The predicted molar refractivity (Wildman–Crippen MR) is 107 cm³/mol. The van der Waals surface area contributed by atoms with E-state index in [1.807, 2.05) is 0 Å². The number of aromatic nitrogens is 1. The van der Waals surface area contributed by atoms with Gasteiger partial charge in [0, 0.05) is 15.8 Å². The van der Waals surface area contributed by atoms with E-state index in [4.69, 9.17) is 25.8 Å². The van der Waals surface area contributed by atoms with Gasteiger partial charge in [-0.1, -0.05) is 17.7 Å². The standard InChI is InChI=1S/C21H20ClNO5/c1-4-27-20(24)19(21(25)28-5-2)18-14-8-6-12(22)10-17(14)23-16-9-7-13(26-3)11-15(16)18/h6-11,19H,4-5H2,1-3H3. The molecule has 0 bridgehead atoms. The summed E-state index contributed by atoms with van der Waals surface area (Å²) < 4.78 is 15.7. The van der Waals surface area contributed by atoms with Gasteiger partial charge in [-0.2, -0.15) is 0 Å². The summed E-state index contributed by atoms with van der Waals surface area (Å²) in [4.78, 5) is 30.2. The van der Waals surface area contributed by atoms with Gasteiger partial charge in [0.25, 0.3) is 0 Å². The molecule has 1 heterocycles. The van der Waals surface area contributed by atoms with Gasteiger partial charge in [0.1, 0.15) is 5.75 Å². The van der Waals surface area contributed by atoms with Crippen LogP contribution in [-0.2, 0) is 19.1 Å². The molecule has 0 aliphatic rings. The van der Waals surface area contributed by atoms with Crippen LogP contribution in [0.2, 0.25) is 5.02 Å². The van der Waals surface area contributed by atoms with E-state index in [0.29, 0.717) is 38.1 Å². The number of benzene rings is 2. The molecule has 0 atom stereocenters. The van der Waals surface area contributed by atoms with Gasteiger partial charge >= 0.3 is 11.9 Å². The van der Waals surface area contributed by atoms with Gasteiger partial charge < -0.3 is 14.2 Å². The summed E-state index contributed by atoms with van der Waals surface area (Å²) in [7, 11) is 1.54. The van der Waals surface area contributed by atoms with Crippen molar-refractivity contribution in [3.8, 4) is 5.75 Å². The number of esters is 2. The monoisotopic (exact) mass is 401 g/mol. The first kappa shape index (κ1) is 19.9. The Kier molecular flexibility index (Phi) is 5.99. The lowest BCUT2D eigenvalue weighted by Crippen LogP contribution is -2.26. The Hall–Kier alpha value is -2.86. The largest absolute Gasteiger partial charge is 0.497 e. The van der Waals surface area contributed by atoms with Gasteiger partial charge in [0.15, 0.2) is 5.92 Å². The van der Waals surface area contributed by atoms with Crippen LogP contribution in [0, 0.1) is 0 Å². The van der Waals surface area contributed by atoms with Crippen molar-refractivity contribution in [2.24, 2.45) is 0 Å². The van der Waals surface area contributed by atoms with Crippen LogP contribution >= 0.6 is 11.6 Å². The van der Waals surface area contributed by atoms with Crippen LogP contribution in [0.3, 0.4) is 0 Å². The molecule has 0 aliphatic heterocycles. The third-order valence-corrected chi connectivity index (χ3v) is 4.55. The quantitative estimate of drug-likeness (QED) is 0.349. The molecule has 0 fully saturated rings. The number of nitrogens with zero attached hydrogens (tertiary/aromatic N) is 1. The number of methoxy groups -OCH3 is 1. The number of rotatable bonds is 6. The van der Waals surface area contributed by atoms with Crippen molar-refractivity contribution in [2.45, 2.75) is 19.8 Å². The summed E-state index contributed by atoms with van der Waals surface area (Å²) in [5.41, 5.74) is 1.63. The molecule has 3 aromatic rings. The molecule has 146 valence electrons. The van der Waals surface area contributed by atoms with E-state index in [-0.39, 0.29) is 13.2 Å². The van der Waals surface area contributed by atoms with Gasteiger partial charge in [-0.3, -0.25) is 9.59 Å². The van der Waals surface area contributed by atoms with Crippen LogP contribution in [0.15, 0.2) is 36.4 Å². The fourth-order valence-electron chi connectivity index (χ4n) is 3.15. The van der Waals surface area contributed by atoms with E-state index in [0.717, 1.165) is 0 Å². The Morgan fingerprint density at radius 1 is 0.964 bits per heavy atom. The van der Waals surface area contributed by atoms with Crippen molar-refractivity contribution < 1.29 is 23.8 Å². The number of hydrogen-bond donors (Lipinski definition) is 0. The molecule has 1 aromatic heterocycles. The van der Waals surface area contributed by atoms with Crippen LogP contribution < -0.4 is 4.74 Å². The topological polar surface area (TPSA) is 74.7 Å². The minimum atomic E-state index is -1.25. The number of halogens is 1. The third-order valence-electron chi connectivity index (χ3n) is 4.32. The van der Waals surface area contributed by atoms with Gasteiger partial charge in [0.2, 0.25) is 0 Å². The molecule has 0 aliphatic carbocycles. The van der Waals surface area contributed by atoms with Crippen molar-refractivity contribution in [1.29, 1.82) is 0 Å². The Morgan fingerprint density at radius 2 is 1.64 bits per heavy atom. The molecule has 0 unspecified atom stereocenters. The number of pyridine rings is 1. The number of fused-ring (bicyclic) bond motifs is 2. The van der Waals surface area contributed by atoms with Crippen LogP contribution in [0.1, 0.15) is 25.3 Å². The molecule has 2 aromatic carbocycles. The Labute approximate surface area is 167 Å². The average Bonchev–Trinajstić information content (AvgIpc) is 2.67. The Bertz CT molecular complexity index is 1030. The lowest BCUT2D eigenvalue weighted by Gasteiger charge is -2.19. The number of carbonyl (C=O) groups is 2. The average molecular weight is 402 g/mol. The zero-order valence-corrected chi connectivity index (χ0v) is 16.6. The summed E-state index contributed by atoms with van der Waals surface area (Å²) >= 11 is 6.13. The van der Waals surface area contributed by atoms with E-state index in [1.165, 1.54) is 0 Å². The van der Waals surface area contributed by atoms with Gasteiger partial charge in [-0.25, -0.2) is 4.98 Å². The predicted octanol–water partition coefficient (Wildman–Crippen LogP) is 4.26. The second-order valence-corrected chi connectivity index (χ2v) is 6.44. The molecule has 7 heteroatoms. The highest BCUT2D eigenvalue weighted by Gasteiger charge is 2.35. The lowest BCUT2D eigenvalue weighted by atomic mass is 9.91. The highest BCUT2D eigenvalue weighted by Crippen LogP contribution is 2.36. The zero-order valence-electron chi connectivity index (χ0n) is 15.8. The molecular formula is C21H20ClNO5. The molecule has 0 N–H and O–H groups in total. The first-order valence-corrected chi connectivity index (χ1v) is 9.28. The fourth-order valence-corrected chi connectivity index (χ4v) is 3.32. The van der Waals surface area contributed by atoms with E-state index in [9.17, 15) is 9.59 Å². The minimum absolute atomic E-state index is 0.144. The van der Waals surface area contributed by atoms with Crippen LogP contribution in [0.5, 0.6) is 5.75 Å². The van der Waals surface area contributed by atoms with Crippen LogP contribution in [0.25, 0.3) is 21.8 Å². The van der Waals surface area contributed by atoms with Crippen molar-refractivity contribution in [2.75, 3.05) is 20.3 Å². The number of ether oxygens (including phenoxy) is 3. The molecule has 0 saturated heterocycles. The van der Waals surface area contributed by atoms with Gasteiger partial charge in [0.05, 0.1) is 31.4 Å². The SMILES string of the molecule is CCOC(=O)C(C(=O)OCC)c1c2ccc(Cl)cc2nc2ccc(OC)cc12. The zero-order chi connectivity index (χ0) is 20.3. The Balaban J connectivity index is 2.40. The summed E-state index contributed by atoms with van der Waals surface area (Å²) in [5.74, 6) is -2.02. The summed E-state index contributed by atoms with van der Waals surface area (Å²) in [6.45, 7) is 3.66. The molecule has 28 heavy (non-hydrogen) atoms. The van der Waals surface area contributed by atoms with Crippen molar-refractivity contribution in [1.82, 2.24) is 4.98 Å². The van der Waals surface area contributed by atoms with Crippen LogP contribution in [-0.4, -0.2) is 37.2 Å². The van der Waals surface area contributed by atoms with Crippen molar-refractivity contribution in [3.63, 3.8) is 0 Å². The first-order valence-electron chi connectivity index (χ1n) is 8.90. The highest BCUT2D eigenvalue weighted by atomic mass is 35.5. The molecule has 0 spiro atoms. The second-order valence-electron chi connectivity index (χ2n) is 6.01. The molecule has 0 saturated carbocycles. The second kappa shape index (κ2) is 8.44. The number of carbonyl (C=O) groups excluding carboxylic acids is 2. The van der Waals surface area contributed by atoms with E-state index >= 15 is 0 Å². The smallest absolute Gasteiger partial charge is 0.324 e. The van der Waals surface area contributed by atoms with E-state index in [1.54, 1.807) is 57.4 Å². The normalized spacial score (nSPS) is 11.0. The summed E-state index contributed by atoms with van der Waals surface area (Å²) in [5, 5.41) is 1.74. The maximum absolute atomic E-state index is 12.8. The number of hydrogen-bond acceptors (Lipinski definition) is 6. The molecule has 3 rings (SSSR count). The first-order chi connectivity index (χ1) is 13.5. The van der Waals surface area contributed by atoms with Crippen molar-refractivity contribution in [3.05, 3.63) is 47.0 Å². The highest BCUT2D eigenvalue weighted by molar-refractivity contribution is 6.31. The minimum Gasteiger partial charge on any atom is -0.497 e. The summed E-state index contributed by atoms with van der Waals surface area (Å²) in [6.07, 6.45) is 0. The molecular weight excluding hydrogens is 382 g/mol. The Morgan fingerprint density at radius 3 is 2.25 bits per heavy atom. The molecule has 0 radical (unpaired) electrons. The van der Waals surface area contributed by atoms with Crippen molar-refractivity contribution >= 4 is 45.3 Å². The molecule has 0 amide bonds. The third kappa shape index (κ3) is 3.73. The maximum atomic E-state index is 12.8. The van der Waals surface area contributed by atoms with E-state index < -0.39 is 17.9 Å². The summed E-state index contributed by atoms with van der Waals surface area (Å²) in [6, 6.07) is 10.4. The fraction of sp³-hybridized carbons (Fsp3) is 0.286. The van der Waals surface area contributed by atoms with Crippen LogP contribution in [0.4, 0.5) is 0 Å². The van der Waals surface area contributed by atoms with E-state index in [2.05, 4.69) is 4.98 Å². The lowest BCUT2D eigenvalue weighted by molar-refractivity contribution is -0.156.